The molecule has 160 valence electrons. The summed E-state index contributed by atoms with van der Waals surface area (Å²) >= 11 is 0. The van der Waals surface area contributed by atoms with E-state index in [0.29, 0.717) is 28.6 Å². The number of hydrogen-bond donors (Lipinski definition) is 3. The second-order valence-electron chi connectivity index (χ2n) is 7.20. The standard InChI is InChI=1S/C19H24N6O4S/c1-11(2)21-19-22-12(3)9-15(23-19)18-24-17(25-29-18)14-7-5-13(6-8-14)16(26)10-20-30(4,27)28/h5-9,11,16,20,26H,10H2,1-4H3,(H,21,22,23). The van der Waals surface area contributed by atoms with Crippen molar-refractivity contribution < 1.29 is 18.0 Å². The lowest BCUT2D eigenvalue weighted by molar-refractivity contribution is 0.182. The first-order chi connectivity index (χ1) is 14.1. The van der Waals surface area contributed by atoms with Crippen LogP contribution < -0.4 is 10.0 Å². The Morgan fingerprint density at radius 1 is 1.13 bits per heavy atom. The Kier molecular flexibility index (Phi) is 6.44. The summed E-state index contributed by atoms with van der Waals surface area (Å²) in [6, 6.07) is 8.75. The van der Waals surface area contributed by atoms with E-state index in [4.69, 9.17) is 4.52 Å². The van der Waals surface area contributed by atoms with E-state index in [2.05, 4.69) is 30.1 Å². The van der Waals surface area contributed by atoms with Crippen molar-refractivity contribution in [2.75, 3.05) is 18.1 Å². The van der Waals surface area contributed by atoms with Crippen molar-refractivity contribution in [2.45, 2.75) is 32.9 Å². The number of nitrogens with one attached hydrogen (secondary N) is 2. The van der Waals surface area contributed by atoms with Gasteiger partial charge in [0.25, 0.3) is 5.89 Å². The monoisotopic (exact) mass is 432 g/mol. The van der Waals surface area contributed by atoms with Crippen molar-refractivity contribution >= 4 is 16.0 Å². The number of aryl methyl sites for hydroxylation is 1. The Hall–Kier alpha value is -2.89. The van der Waals surface area contributed by atoms with Gasteiger partial charge < -0.3 is 14.9 Å². The molecular weight excluding hydrogens is 408 g/mol. The van der Waals surface area contributed by atoms with Crippen molar-refractivity contribution in [1.82, 2.24) is 24.8 Å². The molecule has 3 rings (SSSR count). The van der Waals surface area contributed by atoms with E-state index >= 15 is 0 Å². The van der Waals surface area contributed by atoms with Gasteiger partial charge in [-0.3, -0.25) is 0 Å². The molecular formula is C19H24N6O4S. The molecule has 3 N–H and O–H groups in total. The smallest absolute Gasteiger partial charge is 0.277 e. The highest BCUT2D eigenvalue weighted by molar-refractivity contribution is 7.88. The maximum absolute atomic E-state index is 11.2. The zero-order valence-electron chi connectivity index (χ0n) is 17.1. The van der Waals surface area contributed by atoms with Crippen LogP contribution in [-0.2, 0) is 10.0 Å². The molecule has 1 atom stereocenters. The molecule has 1 unspecified atom stereocenters. The molecule has 0 aliphatic heterocycles. The SMILES string of the molecule is Cc1cc(-c2nc(-c3ccc(C(O)CNS(C)(=O)=O)cc3)no2)nc(NC(C)C)n1. The number of nitrogens with zero attached hydrogens (tertiary/aromatic N) is 4. The Morgan fingerprint density at radius 3 is 2.47 bits per heavy atom. The highest BCUT2D eigenvalue weighted by atomic mass is 32.2. The topological polar surface area (TPSA) is 143 Å². The van der Waals surface area contributed by atoms with Gasteiger partial charge in [-0.15, -0.1) is 0 Å². The molecule has 0 radical (unpaired) electrons. The number of hydrogen-bond acceptors (Lipinski definition) is 9. The van der Waals surface area contributed by atoms with Crippen LogP contribution in [0.2, 0.25) is 0 Å². The fraction of sp³-hybridized carbons (Fsp3) is 0.368. The third-order valence-corrected chi connectivity index (χ3v) is 4.70. The van der Waals surface area contributed by atoms with E-state index in [1.807, 2.05) is 20.8 Å². The van der Waals surface area contributed by atoms with Gasteiger partial charge in [-0.25, -0.2) is 23.1 Å². The summed E-state index contributed by atoms with van der Waals surface area (Å²) in [5.74, 6) is 1.12. The molecule has 0 amide bonds. The normalized spacial score (nSPS) is 12.9. The molecule has 30 heavy (non-hydrogen) atoms. The Morgan fingerprint density at radius 2 is 1.83 bits per heavy atom. The van der Waals surface area contributed by atoms with Gasteiger partial charge in [0.15, 0.2) is 0 Å². The minimum absolute atomic E-state index is 0.107. The molecule has 0 aliphatic rings. The molecule has 2 heterocycles. The van der Waals surface area contributed by atoms with E-state index < -0.39 is 16.1 Å². The maximum Gasteiger partial charge on any atom is 0.277 e. The van der Waals surface area contributed by atoms with Gasteiger partial charge >= 0.3 is 0 Å². The number of anilines is 1. The fourth-order valence-electron chi connectivity index (χ4n) is 2.65. The number of aliphatic hydroxyl groups is 1. The summed E-state index contributed by atoms with van der Waals surface area (Å²) in [6.45, 7) is 5.74. The van der Waals surface area contributed by atoms with Crippen molar-refractivity contribution in [1.29, 1.82) is 0 Å². The predicted molar refractivity (Wildman–Crippen MR) is 112 cm³/mol. The van der Waals surface area contributed by atoms with Crippen LogP contribution in [0.3, 0.4) is 0 Å². The lowest BCUT2D eigenvalue weighted by Crippen LogP contribution is -2.27. The molecule has 2 aromatic heterocycles. The number of sulfonamides is 1. The molecule has 3 aromatic rings. The van der Waals surface area contributed by atoms with Crippen LogP contribution in [-0.4, -0.2) is 52.5 Å². The van der Waals surface area contributed by atoms with Gasteiger partial charge in [0.1, 0.15) is 5.69 Å². The summed E-state index contributed by atoms with van der Waals surface area (Å²) in [4.78, 5) is 13.2. The highest BCUT2D eigenvalue weighted by Crippen LogP contribution is 2.24. The average Bonchev–Trinajstić information content (AvgIpc) is 3.15. The molecule has 1 aromatic carbocycles. The van der Waals surface area contributed by atoms with E-state index in [9.17, 15) is 13.5 Å². The van der Waals surface area contributed by atoms with E-state index in [0.717, 1.165) is 11.9 Å². The third-order valence-electron chi connectivity index (χ3n) is 4.01. The first-order valence-corrected chi connectivity index (χ1v) is 11.2. The van der Waals surface area contributed by atoms with Crippen LogP contribution >= 0.6 is 0 Å². The summed E-state index contributed by atoms with van der Waals surface area (Å²) in [7, 11) is -3.37. The molecule has 0 spiro atoms. The van der Waals surface area contributed by atoms with Gasteiger partial charge in [0.05, 0.1) is 12.4 Å². The number of rotatable bonds is 8. The second-order valence-corrected chi connectivity index (χ2v) is 9.03. The highest BCUT2D eigenvalue weighted by Gasteiger charge is 2.15. The predicted octanol–water partition coefficient (Wildman–Crippen LogP) is 1.90. The molecule has 0 bridgehead atoms. The van der Waals surface area contributed by atoms with Gasteiger partial charge in [0.2, 0.25) is 21.8 Å². The van der Waals surface area contributed by atoms with E-state index in [1.54, 1.807) is 30.3 Å². The maximum atomic E-state index is 11.2. The zero-order valence-corrected chi connectivity index (χ0v) is 17.9. The molecule has 10 nitrogen and oxygen atoms in total. The number of benzene rings is 1. The van der Waals surface area contributed by atoms with Crippen LogP contribution in [0.1, 0.15) is 31.2 Å². The third kappa shape index (κ3) is 5.81. The van der Waals surface area contributed by atoms with Crippen molar-refractivity contribution in [3.05, 3.63) is 41.6 Å². The quantitative estimate of drug-likeness (QED) is 0.486. The number of aliphatic hydroxyl groups excluding tert-OH is 1. The fourth-order valence-corrected chi connectivity index (χ4v) is 3.11. The van der Waals surface area contributed by atoms with Crippen molar-refractivity contribution in [3.8, 4) is 23.0 Å². The van der Waals surface area contributed by atoms with E-state index in [1.165, 1.54) is 0 Å². The van der Waals surface area contributed by atoms with Gasteiger partial charge in [-0.2, -0.15) is 4.98 Å². The van der Waals surface area contributed by atoms with Crippen LogP contribution in [0, 0.1) is 6.92 Å². The summed E-state index contributed by atoms with van der Waals surface area (Å²) in [6.07, 6.45) is 0.0722. The lowest BCUT2D eigenvalue weighted by atomic mass is 10.1. The molecule has 0 saturated heterocycles. The first-order valence-electron chi connectivity index (χ1n) is 9.30. The van der Waals surface area contributed by atoms with Gasteiger partial charge in [0, 0.05) is 23.8 Å². The zero-order chi connectivity index (χ0) is 21.9. The van der Waals surface area contributed by atoms with E-state index in [-0.39, 0.29) is 18.5 Å². The van der Waals surface area contributed by atoms with Crippen molar-refractivity contribution in [3.63, 3.8) is 0 Å². The minimum atomic E-state index is -3.37. The molecule has 0 aliphatic carbocycles. The summed E-state index contributed by atoms with van der Waals surface area (Å²) in [5, 5.41) is 17.3. The summed E-state index contributed by atoms with van der Waals surface area (Å²) < 4.78 is 30.0. The van der Waals surface area contributed by atoms with Crippen molar-refractivity contribution in [2.24, 2.45) is 0 Å². The Labute approximate surface area is 174 Å². The largest absolute Gasteiger partial charge is 0.387 e. The minimum Gasteiger partial charge on any atom is -0.387 e. The van der Waals surface area contributed by atoms with Gasteiger partial charge in [-0.1, -0.05) is 29.4 Å². The molecule has 0 fully saturated rings. The summed E-state index contributed by atoms with van der Waals surface area (Å²) in [5.41, 5.74) is 2.53. The van der Waals surface area contributed by atoms with Crippen LogP contribution in [0.15, 0.2) is 34.9 Å². The Balaban J connectivity index is 1.77. The Bertz CT molecular complexity index is 1110. The average molecular weight is 433 g/mol. The molecule has 0 saturated carbocycles. The van der Waals surface area contributed by atoms with Crippen LogP contribution in [0.5, 0.6) is 0 Å². The molecule has 11 heteroatoms. The first kappa shape index (κ1) is 21.8. The van der Waals surface area contributed by atoms with Crippen LogP contribution in [0.4, 0.5) is 5.95 Å². The van der Waals surface area contributed by atoms with Crippen LogP contribution in [0.25, 0.3) is 23.0 Å². The van der Waals surface area contributed by atoms with Gasteiger partial charge in [-0.05, 0) is 32.4 Å². The lowest BCUT2D eigenvalue weighted by Gasteiger charge is -2.11. The number of aromatic nitrogens is 4. The second kappa shape index (κ2) is 8.86.